The van der Waals surface area contributed by atoms with Crippen LogP contribution in [0.15, 0.2) is 36.8 Å². The molecule has 1 aromatic carbocycles. The van der Waals surface area contributed by atoms with Gasteiger partial charge < -0.3 is 14.8 Å². The number of para-hydroxylation sites is 1. The minimum absolute atomic E-state index is 0.0706. The third-order valence-electron chi connectivity index (χ3n) is 4.66. The van der Waals surface area contributed by atoms with Gasteiger partial charge in [0.1, 0.15) is 5.82 Å². The number of urea groups is 1. The first-order chi connectivity index (χ1) is 12.2. The molecule has 0 radical (unpaired) electrons. The largest absolute Gasteiger partial charge is 0.337 e. The molecular formula is C17H21N7O. The van der Waals surface area contributed by atoms with Crippen LogP contribution < -0.4 is 5.32 Å². The average molecular weight is 339 g/mol. The minimum atomic E-state index is -0.0706. The molecule has 0 aliphatic carbocycles. The van der Waals surface area contributed by atoms with Gasteiger partial charge in [-0.05, 0) is 6.07 Å². The van der Waals surface area contributed by atoms with E-state index in [0.717, 1.165) is 42.0 Å². The van der Waals surface area contributed by atoms with Crippen LogP contribution >= 0.6 is 0 Å². The van der Waals surface area contributed by atoms with Gasteiger partial charge in [-0.15, -0.1) is 0 Å². The zero-order valence-corrected chi connectivity index (χ0v) is 14.1. The van der Waals surface area contributed by atoms with E-state index in [9.17, 15) is 4.79 Å². The smallest absolute Gasteiger partial charge is 0.321 e. The number of hydrogen-bond donors (Lipinski definition) is 2. The second-order valence-electron chi connectivity index (χ2n) is 6.29. The Morgan fingerprint density at radius 3 is 2.88 bits per heavy atom. The van der Waals surface area contributed by atoms with Crippen LogP contribution in [0.5, 0.6) is 0 Å². The second kappa shape index (κ2) is 6.56. The monoisotopic (exact) mass is 339 g/mol. The first kappa shape index (κ1) is 15.6. The molecule has 1 aliphatic heterocycles. The summed E-state index contributed by atoms with van der Waals surface area (Å²) in [5.74, 6) is 1.05. The van der Waals surface area contributed by atoms with Crippen LogP contribution in [-0.2, 0) is 13.6 Å². The summed E-state index contributed by atoms with van der Waals surface area (Å²) in [5, 5.41) is 10.9. The number of imidazole rings is 1. The molecule has 4 rings (SSSR count). The van der Waals surface area contributed by atoms with Crippen LogP contribution in [0.4, 0.5) is 10.5 Å². The van der Waals surface area contributed by atoms with Crippen molar-refractivity contribution in [2.75, 3.05) is 31.5 Å². The zero-order valence-electron chi connectivity index (χ0n) is 14.1. The fourth-order valence-electron chi connectivity index (χ4n) is 3.13. The number of piperazine rings is 1. The van der Waals surface area contributed by atoms with Gasteiger partial charge in [-0.1, -0.05) is 12.1 Å². The summed E-state index contributed by atoms with van der Waals surface area (Å²) in [6.07, 6.45) is 5.52. The number of carbonyl (C=O) groups excluding carboxylic acids is 1. The molecular weight excluding hydrogens is 318 g/mol. The number of nitrogens with one attached hydrogen (secondary N) is 2. The Morgan fingerprint density at radius 2 is 2.12 bits per heavy atom. The van der Waals surface area contributed by atoms with Crippen molar-refractivity contribution in [2.45, 2.75) is 6.54 Å². The molecule has 25 heavy (non-hydrogen) atoms. The Bertz CT molecular complexity index is 876. The maximum Gasteiger partial charge on any atom is 0.321 e. The molecule has 8 heteroatoms. The van der Waals surface area contributed by atoms with E-state index in [0.29, 0.717) is 13.1 Å². The van der Waals surface area contributed by atoms with Gasteiger partial charge in [0.05, 0.1) is 23.9 Å². The molecule has 2 aromatic heterocycles. The standard InChI is InChI=1S/C17H21N7O/c1-22-6-5-18-15(22)12-23-7-9-24(10-8-23)17(25)20-14-4-2-3-13-11-19-21-16(13)14/h2-6,11H,7-10,12H2,1H3,(H,19,21)(H,20,25). The Morgan fingerprint density at radius 1 is 1.28 bits per heavy atom. The number of amides is 2. The summed E-state index contributed by atoms with van der Waals surface area (Å²) in [4.78, 5) is 21.1. The number of aromatic nitrogens is 4. The van der Waals surface area contributed by atoms with E-state index in [-0.39, 0.29) is 6.03 Å². The first-order valence-electron chi connectivity index (χ1n) is 8.37. The van der Waals surface area contributed by atoms with Crippen molar-refractivity contribution in [3.05, 3.63) is 42.6 Å². The van der Waals surface area contributed by atoms with E-state index in [1.165, 1.54) is 0 Å². The molecule has 0 spiro atoms. The number of rotatable bonds is 3. The highest BCUT2D eigenvalue weighted by Gasteiger charge is 2.22. The molecule has 1 saturated heterocycles. The van der Waals surface area contributed by atoms with E-state index >= 15 is 0 Å². The minimum Gasteiger partial charge on any atom is -0.337 e. The van der Waals surface area contributed by atoms with Crippen molar-refractivity contribution < 1.29 is 4.79 Å². The normalized spacial score (nSPS) is 15.6. The number of anilines is 1. The summed E-state index contributed by atoms with van der Waals surface area (Å²) in [5.41, 5.74) is 1.61. The van der Waals surface area contributed by atoms with Gasteiger partial charge >= 0.3 is 6.03 Å². The molecule has 0 unspecified atom stereocenters. The molecule has 3 heterocycles. The van der Waals surface area contributed by atoms with Crippen LogP contribution in [0.25, 0.3) is 10.9 Å². The Hall–Kier alpha value is -2.87. The number of aromatic amines is 1. The number of carbonyl (C=O) groups is 1. The highest BCUT2D eigenvalue weighted by molar-refractivity contribution is 5.99. The molecule has 1 aliphatic rings. The van der Waals surface area contributed by atoms with Crippen LogP contribution in [-0.4, -0.2) is 61.8 Å². The maximum absolute atomic E-state index is 12.6. The summed E-state index contributed by atoms with van der Waals surface area (Å²) >= 11 is 0. The fraction of sp³-hybridized carbons (Fsp3) is 0.353. The van der Waals surface area contributed by atoms with Crippen molar-refractivity contribution in [3.8, 4) is 0 Å². The predicted molar refractivity (Wildman–Crippen MR) is 95.2 cm³/mol. The summed E-state index contributed by atoms with van der Waals surface area (Å²) in [6, 6.07) is 5.69. The number of benzene rings is 1. The molecule has 2 amide bonds. The SMILES string of the molecule is Cn1ccnc1CN1CCN(C(=O)Nc2cccc3cn[nH]c23)CC1. The Kier molecular flexibility index (Phi) is 4.10. The van der Waals surface area contributed by atoms with Gasteiger partial charge in [0.2, 0.25) is 0 Å². The third-order valence-corrected chi connectivity index (χ3v) is 4.66. The van der Waals surface area contributed by atoms with E-state index in [4.69, 9.17) is 0 Å². The predicted octanol–water partition coefficient (Wildman–Crippen LogP) is 1.65. The average Bonchev–Trinajstić information content (AvgIpc) is 3.25. The van der Waals surface area contributed by atoms with Gasteiger partial charge in [0.25, 0.3) is 0 Å². The zero-order chi connectivity index (χ0) is 17.2. The number of nitrogens with zero attached hydrogens (tertiary/aromatic N) is 5. The summed E-state index contributed by atoms with van der Waals surface area (Å²) in [6.45, 7) is 3.90. The van der Waals surface area contributed by atoms with E-state index in [1.54, 1.807) is 6.20 Å². The number of aryl methyl sites for hydroxylation is 1. The topological polar surface area (TPSA) is 82.1 Å². The van der Waals surface area contributed by atoms with Gasteiger partial charge in [-0.25, -0.2) is 9.78 Å². The van der Waals surface area contributed by atoms with Crippen molar-refractivity contribution >= 4 is 22.6 Å². The highest BCUT2D eigenvalue weighted by Crippen LogP contribution is 2.21. The van der Waals surface area contributed by atoms with E-state index in [2.05, 4.69) is 25.4 Å². The Labute approximate surface area is 145 Å². The van der Waals surface area contributed by atoms with Crippen molar-refractivity contribution in [1.29, 1.82) is 0 Å². The van der Waals surface area contributed by atoms with Crippen molar-refractivity contribution in [1.82, 2.24) is 29.5 Å². The van der Waals surface area contributed by atoms with Gasteiger partial charge in [-0.3, -0.25) is 10.00 Å². The third kappa shape index (κ3) is 3.20. The molecule has 0 bridgehead atoms. The summed E-state index contributed by atoms with van der Waals surface area (Å²) in [7, 11) is 2.00. The van der Waals surface area contributed by atoms with Crippen LogP contribution in [0.3, 0.4) is 0 Å². The van der Waals surface area contributed by atoms with Gasteiger partial charge in [-0.2, -0.15) is 5.10 Å². The number of H-pyrrole nitrogens is 1. The van der Waals surface area contributed by atoms with E-state index in [1.807, 2.05) is 47.1 Å². The molecule has 8 nitrogen and oxygen atoms in total. The lowest BCUT2D eigenvalue weighted by atomic mass is 10.2. The summed E-state index contributed by atoms with van der Waals surface area (Å²) < 4.78 is 2.03. The second-order valence-corrected chi connectivity index (χ2v) is 6.29. The molecule has 0 atom stereocenters. The molecule has 2 N–H and O–H groups in total. The number of fused-ring (bicyclic) bond motifs is 1. The van der Waals surface area contributed by atoms with E-state index < -0.39 is 0 Å². The molecule has 3 aromatic rings. The lowest BCUT2D eigenvalue weighted by Crippen LogP contribution is -2.49. The molecule has 130 valence electrons. The van der Waals surface area contributed by atoms with Gasteiger partial charge in [0, 0.05) is 51.0 Å². The fourth-order valence-corrected chi connectivity index (χ4v) is 3.13. The molecule has 0 saturated carbocycles. The first-order valence-corrected chi connectivity index (χ1v) is 8.37. The Balaban J connectivity index is 1.35. The molecule has 1 fully saturated rings. The van der Waals surface area contributed by atoms with Gasteiger partial charge in [0.15, 0.2) is 0 Å². The van der Waals surface area contributed by atoms with Crippen molar-refractivity contribution in [2.24, 2.45) is 7.05 Å². The quantitative estimate of drug-likeness (QED) is 0.760. The number of hydrogen-bond acceptors (Lipinski definition) is 4. The van der Waals surface area contributed by atoms with Crippen LogP contribution in [0.2, 0.25) is 0 Å². The van der Waals surface area contributed by atoms with Crippen LogP contribution in [0, 0.1) is 0 Å². The van der Waals surface area contributed by atoms with Crippen LogP contribution in [0.1, 0.15) is 5.82 Å². The lowest BCUT2D eigenvalue weighted by molar-refractivity contribution is 0.140. The lowest BCUT2D eigenvalue weighted by Gasteiger charge is -2.34. The highest BCUT2D eigenvalue weighted by atomic mass is 16.2. The van der Waals surface area contributed by atoms with Crippen molar-refractivity contribution in [3.63, 3.8) is 0 Å². The maximum atomic E-state index is 12.6.